The number of nitrogens with zero attached hydrogens (tertiary/aromatic N) is 3. The standard InChI is InChI=1S/C23H29N3O4S2/c1-18(27)20-6-10-22(11-7-20)32(29,30)26-14-12-25(13-15-26)23(28)17-24(2)16-19-4-8-21(31-3)9-5-19/h4-11H,12-17H2,1-3H3. The van der Waals surface area contributed by atoms with Crippen LogP contribution >= 0.6 is 11.8 Å². The number of hydrogen-bond acceptors (Lipinski definition) is 6. The van der Waals surface area contributed by atoms with Crippen molar-refractivity contribution >= 4 is 33.5 Å². The van der Waals surface area contributed by atoms with E-state index in [1.807, 2.05) is 18.2 Å². The molecule has 1 heterocycles. The summed E-state index contributed by atoms with van der Waals surface area (Å²) in [4.78, 5) is 29.2. The van der Waals surface area contributed by atoms with Gasteiger partial charge in [0.1, 0.15) is 0 Å². The van der Waals surface area contributed by atoms with Crippen molar-refractivity contribution in [2.45, 2.75) is 23.3 Å². The lowest BCUT2D eigenvalue weighted by molar-refractivity contribution is -0.133. The lowest BCUT2D eigenvalue weighted by Crippen LogP contribution is -2.52. The fourth-order valence-electron chi connectivity index (χ4n) is 3.62. The first-order chi connectivity index (χ1) is 15.2. The number of piperazine rings is 1. The quantitative estimate of drug-likeness (QED) is 0.431. The largest absolute Gasteiger partial charge is 0.339 e. The van der Waals surface area contributed by atoms with Crippen molar-refractivity contribution in [3.8, 4) is 0 Å². The molecule has 0 saturated carbocycles. The number of sulfonamides is 1. The topological polar surface area (TPSA) is 78.0 Å². The minimum absolute atomic E-state index is 0.00362. The van der Waals surface area contributed by atoms with E-state index in [9.17, 15) is 18.0 Å². The van der Waals surface area contributed by atoms with Crippen LogP contribution in [0.2, 0.25) is 0 Å². The molecule has 32 heavy (non-hydrogen) atoms. The molecule has 3 rings (SSSR count). The molecular formula is C23H29N3O4S2. The first kappa shape index (κ1) is 24.4. The zero-order valence-electron chi connectivity index (χ0n) is 18.7. The summed E-state index contributed by atoms with van der Waals surface area (Å²) in [6, 6.07) is 14.3. The molecule has 1 saturated heterocycles. The van der Waals surface area contributed by atoms with Crippen LogP contribution in [0.4, 0.5) is 0 Å². The van der Waals surface area contributed by atoms with Gasteiger partial charge in [0.25, 0.3) is 0 Å². The van der Waals surface area contributed by atoms with Crippen molar-refractivity contribution in [1.29, 1.82) is 0 Å². The Morgan fingerprint density at radius 1 is 0.969 bits per heavy atom. The van der Waals surface area contributed by atoms with Gasteiger partial charge in [-0.15, -0.1) is 11.8 Å². The smallest absolute Gasteiger partial charge is 0.243 e. The van der Waals surface area contributed by atoms with Gasteiger partial charge < -0.3 is 4.90 Å². The van der Waals surface area contributed by atoms with E-state index < -0.39 is 10.0 Å². The van der Waals surface area contributed by atoms with Crippen LogP contribution in [0.15, 0.2) is 58.3 Å². The lowest BCUT2D eigenvalue weighted by atomic mass is 10.2. The Hall–Kier alpha value is -2.20. The van der Waals surface area contributed by atoms with Gasteiger partial charge >= 0.3 is 0 Å². The SMILES string of the molecule is CSc1ccc(CN(C)CC(=O)N2CCN(S(=O)(=O)c3ccc(C(C)=O)cc3)CC2)cc1. The molecule has 1 amide bonds. The Morgan fingerprint density at radius 3 is 2.09 bits per heavy atom. The van der Waals surface area contributed by atoms with E-state index in [1.165, 1.54) is 40.4 Å². The fraction of sp³-hybridized carbons (Fsp3) is 0.391. The molecule has 0 radical (unpaired) electrons. The van der Waals surface area contributed by atoms with Crippen molar-refractivity contribution < 1.29 is 18.0 Å². The Balaban J connectivity index is 1.52. The molecule has 172 valence electrons. The molecule has 9 heteroatoms. The van der Waals surface area contributed by atoms with Crippen LogP contribution in [0, 0.1) is 0 Å². The summed E-state index contributed by atoms with van der Waals surface area (Å²) < 4.78 is 27.2. The summed E-state index contributed by atoms with van der Waals surface area (Å²) >= 11 is 1.69. The summed E-state index contributed by atoms with van der Waals surface area (Å²) in [7, 11) is -1.74. The van der Waals surface area contributed by atoms with E-state index in [4.69, 9.17) is 0 Å². The van der Waals surface area contributed by atoms with Crippen molar-refractivity contribution in [1.82, 2.24) is 14.1 Å². The van der Waals surface area contributed by atoms with Crippen molar-refractivity contribution in [2.75, 3.05) is 46.0 Å². The molecule has 0 N–H and O–H groups in total. The second-order valence-corrected chi connectivity index (χ2v) is 10.7. The van der Waals surface area contributed by atoms with E-state index in [1.54, 1.807) is 16.7 Å². The molecule has 0 aliphatic carbocycles. The Kier molecular flexibility index (Phi) is 8.10. The minimum Gasteiger partial charge on any atom is -0.339 e. The molecule has 7 nitrogen and oxygen atoms in total. The number of amides is 1. The Labute approximate surface area is 194 Å². The van der Waals surface area contributed by atoms with Crippen molar-refractivity contribution in [3.05, 3.63) is 59.7 Å². The normalized spacial score (nSPS) is 15.2. The zero-order valence-corrected chi connectivity index (χ0v) is 20.3. The highest BCUT2D eigenvalue weighted by Gasteiger charge is 2.30. The second-order valence-electron chi connectivity index (χ2n) is 7.89. The monoisotopic (exact) mass is 475 g/mol. The van der Waals surface area contributed by atoms with E-state index >= 15 is 0 Å². The third-order valence-corrected chi connectivity index (χ3v) is 8.16. The average molecular weight is 476 g/mol. The van der Waals surface area contributed by atoms with Crippen molar-refractivity contribution in [3.63, 3.8) is 0 Å². The summed E-state index contributed by atoms with van der Waals surface area (Å²) in [5, 5.41) is 0. The van der Waals surface area contributed by atoms with Gasteiger partial charge in [-0.2, -0.15) is 4.31 Å². The van der Waals surface area contributed by atoms with Gasteiger partial charge in [-0.3, -0.25) is 14.5 Å². The van der Waals surface area contributed by atoms with Crippen LogP contribution in [-0.4, -0.2) is 80.2 Å². The summed E-state index contributed by atoms with van der Waals surface area (Å²) in [5.74, 6) is -0.112. The van der Waals surface area contributed by atoms with Crippen molar-refractivity contribution in [2.24, 2.45) is 0 Å². The van der Waals surface area contributed by atoms with Gasteiger partial charge in [-0.25, -0.2) is 8.42 Å². The number of ketones is 1. The van der Waals surface area contributed by atoms with Gasteiger partial charge in [0.05, 0.1) is 11.4 Å². The average Bonchev–Trinajstić information content (AvgIpc) is 2.79. The van der Waals surface area contributed by atoms with Crippen LogP contribution in [0.25, 0.3) is 0 Å². The van der Waals surface area contributed by atoms with E-state index in [2.05, 4.69) is 24.3 Å². The van der Waals surface area contributed by atoms with Crippen LogP contribution in [0.3, 0.4) is 0 Å². The molecule has 0 aromatic heterocycles. The molecule has 1 fully saturated rings. The minimum atomic E-state index is -3.65. The van der Waals surface area contributed by atoms with Crippen LogP contribution < -0.4 is 0 Å². The first-order valence-electron chi connectivity index (χ1n) is 10.4. The number of carbonyl (C=O) groups is 2. The van der Waals surface area contributed by atoms with E-state index in [0.29, 0.717) is 25.2 Å². The highest BCUT2D eigenvalue weighted by Crippen LogP contribution is 2.19. The third-order valence-electron chi connectivity index (χ3n) is 5.51. The number of benzene rings is 2. The first-order valence-corrected chi connectivity index (χ1v) is 13.1. The fourth-order valence-corrected chi connectivity index (χ4v) is 5.45. The Morgan fingerprint density at radius 2 is 1.56 bits per heavy atom. The number of rotatable bonds is 8. The van der Waals surface area contributed by atoms with E-state index in [-0.39, 0.29) is 36.2 Å². The highest BCUT2D eigenvalue weighted by atomic mass is 32.2. The number of Topliss-reactive ketones (excluding diaryl/α,β-unsaturated/α-hetero) is 1. The molecule has 0 bridgehead atoms. The zero-order chi connectivity index (χ0) is 23.3. The molecule has 0 atom stereocenters. The molecule has 0 unspecified atom stereocenters. The summed E-state index contributed by atoms with van der Waals surface area (Å²) in [6.07, 6.45) is 2.04. The van der Waals surface area contributed by atoms with E-state index in [0.717, 1.165) is 5.56 Å². The third kappa shape index (κ3) is 5.98. The molecule has 0 spiro atoms. The van der Waals surface area contributed by atoms with Crippen LogP contribution in [-0.2, 0) is 21.4 Å². The maximum atomic E-state index is 12.9. The predicted molar refractivity (Wildman–Crippen MR) is 126 cm³/mol. The Bertz CT molecular complexity index is 1050. The number of likely N-dealkylation sites (N-methyl/N-ethyl adjacent to an activating group) is 1. The number of hydrogen-bond donors (Lipinski definition) is 0. The molecule has 1 aliphatic rings. The molecule has 1 aliphatic heterocycles. The summed E-state index contributed by atoms with van der Waals surface area (Å²) in [6.45, 7) is 3.62. The predicted octanol–water partition coefficient (Wildman–Crippen LogP) is 2.58. The van der Waals surface area contributed by atoms with Gasteiger partial charge in [0.2, 0.25) is 15.9 Å². The van der Waals surface area contributed by atoms with Gasteiger partial charge in [-0.1, -0.05) is 24.3 Å². The molecular weight excluding hydrogens is 446 g/mol. The van der Waals surface area contributed by atoms with Crippen LogP contribution in [0.1, 0.15) is 22.8 Å². The lowest BCUT2D eigenvalue weighted by Gasteiger charge is -2.34. The van der Waals surface area contributed by atoms with Crippen LogP contribution in [0.5, 0.6) is 0 Å². The summed E-state index contributed by atoms with van der Waals surface area (Å²) in [5.41, 5.74) is 1.62. The maximum Gasteiger partial charge on any atom is 0.243 e. The van der Waals surface area contributed by atoms with Gasteiger partial charge in [0, 0.05) is 43.2 Å². The highest BCUT2D eigenvalue weighted by molar-refractivity contribution is 7.98. The number of thioether (sulfide) groups is 1. The van der Waals surface area contributed by atoms with Gasteiger partial charge in [-0.05, 0) is 50.1 Å². The molecule has 2 aromatic carbocycles. The van der Waals surface area contributed by atoms with Gasteiger partial charge in [0.15, 0.2) is 5.78 Å². The number of carbonyl (C=O) groups excluding carboxylic acids is 2. The molecule has 2 aromatic rings. The maximum absolute atomic E-state index is 12.9. The second kappa shape index (κ2) is 10.6.